The molecule has 0 atom stereocenters. The zero-order valence-electron chi connectivity index (χ0n) is 9.02. The number of hydrogen-bond donors (Lipinski definition) is 3. The molecule has 5 nitrogen and oxygen atoms in total. The van der Waals surface area contributed by atoms with Crippen LogP contribution >= 0.6 is 0 Å². The number of benzene rings is 1. The lowest BCUT2D eigenvalue weighted by Gasteiger charge is -2.20. The Kier molecular flexibility index (Phi) is 5.95. The highest BCUT2D eigenvalue weighted by Crippen LogP contribution is 2.13. The Morgan fingerprint density at radius 2 is 1.88 bits per heavy atom. The highest BCUT2D eigenvalue weighted by Gasteiger charge is 2.08. The fourth-order valence-electron chi connectivity index (χ4n) is 1.25. The van der Waals surface area contributed by atoms with E-state index in [-0.39, 0.29) is 24.3 Å². The molecular weight excluding hydrogens is 226 g/mol. The van der Waals surface area contributed by atoms with Gasteiger partial charge in [-0.15, -0.1) is 0 Å². The Labute approximate surface area is 101 Å². The van der Waals surface area contributed by atoms with Gasteiger partial charge in [0.05, 0.1) is 0 Å². The summed E-state index contributed by atoms with van der Waals surface area (Å²) in [4.78, 5) is 5.41. The quantitative estimate of drug-likeness (QED) is 0.402. The number of aliphatic imine (C=N–C) groups is 1. The fraction of sp³-hybridized carbons (Fsp3) is 0.200. The molecule has 16 heavy (non-hydrogen) atoms. The standard InChI is InChI=1S/C10H15N5.ClH/c1-2-15(10(13)14-9(11)12)8-6-4-3-5-7-8;/h3-7H,2H2,1H3,(H5,11,12,13,14);1H/p-1. The average molecular weight is 241 g/mol. The number of nitrogens with zero attached hydrogens (tertiary/aromatic N) is 2. The zero-order valence-corrected chi connectivity index (χ0v) is 9.78. The highest BCUT2D eigenvalue weighted by atomic mass is 35.5. The van der Waals surface area contributed by atoms with Crippen LogP contribution in [-0.4, -0.2) is 18.5 Å². The summed E-state index contributed by atoms with van der Waals surface area (Å²) >= 11 is 0. The van der Waals surface area contributed by atoms with Crippen molar-refractivity contribution in [2.24, 2.45) is 16.5 Å². The number of nitrogens with one attached hydrogen (secondary N) is 1. The molecule has 0 aliphatic heterocycles. The second kappa shape index (κ2) is 6.68. The smallest absolute Gasteiger partial charge is 0.225 e. The van der Waals surface area contributed by atoms with Crippen LogP contribution in [0.1, 0.15) is 6.92 Å². The Balaban J connectivity index is 0.00000225. The van der Waals surface area contributed by atoms with Crippen LogP contribution in [0.3, 0.4) is 0 Å². The lowest BCUT2D eigenvalue weighted by Crippen LogP contribution is -3.00. The van der Waals surface area contributed by atoms with Crippen LogP contribution < -0.4 is 28.8 Å². The topological polar surface area (TPSA) is 91.5 Å². The average Bonchev–Trinajstić information content (AvgIpc) is 2.19. The number of halogens is 1. The molecule has 0 aliphatic carbocycles. The van der Waals surface area contributed by atoms with Crippen molar-refractivity contribution in [1.29, 1.82) is 5.41 Å². The van der Waals surface area contributed by atoms with E-state index in [0.29, 0.717) is 6.54 Å². The minimum atomic E-state index is -0.102. The summed E-state index contributed by atoms with van der Waals surface area (Å²) in [6.45, 7) is 2.57. The first-order chi connectivity index (χ1) is 7.15. The summed E-state index contributed by atoms with van der Waals surface area (Å²) in [5.41, 5.74) is 11.3. The summed E-state index contributed by atoms with van der Waals surface area (Å²) in [5.74, 6) is -0.0573. The van der Waals surface area contributed by atoms with E-state index in [2.05, 4.69) is 4.99 Å². The molecule has 88 valence electrons. The molecule has 0 spiro atoms. The summed E-state index contributed by atoms with van der Waals surface area (Å²) in [6.07, 6.45) is 0. The van der Waals surface area contributed by atoms with E-state index in [1.165, 1.54) is 0 Å². The van der Waals surface area contributed by atoms with Gasteiger partial charge in [0.15, 0.2) is 5.96 Å². The Morgan fingerprint density at radius 3 is 2.31 bits per heavy atom. The molecular formula is C10H15ClN5-. The van der Waals surface area contributed by atoms with E-state index in [4.69, 9.17) is 16.9 Å². The van der Waals surface area contributed by atoms with Gasteiger partial charge in [-0.1, -0.05) is 18.2 Å². The van der Waals surface area contributed by atoms with Gasteiger partial charge in [-0.2, -0.15) is 4.99 Å². The summed E-state index contributed by atoms with van der Waals surface area (Å²) in [5, 5.41) is 7.69. The van der Waals surface area contributed by atoms with Crippen LogP contribution in [-0.2, 0) is 0 Å². The van der Waals surface area contributed by atoms with Crippen LogP contribution in [0.2, 0.25) is 0 Å². The lowest BCUT2D eigenvalue weighted by atomic mass is 10.3. The van der Waals surface area contributed by atoms with Crippen LogP contribution in [0, 0.1) is 5.41 Å². The second-order valence-electron chi connectivity index (χ2n) is 2.94. The van der Waals surface area contributed by atoms with E-state index in [1.54, 1.807) is 4.90 Å². The van der Waals surface area contributed by atoms with Gasteiger partial charge < -0.3 is 28.8 Å². The first-order valence-corrected chi connectivity index (χ1v) is 4.66. The molecule has 6 heteroatoms. The second-order valence-corrected chi connectivity index (χ2v) is 2.94. The fourth-order valence-corrected chi connectivity index (χ4v) is 1.25. The third kappa shape index (κ3) is 3.78. The van der Waals surface area contributed by atoms with Gasteiger partial charge in [-0.25, -0.2) is 0 Å². The molecule has 1 aromatic rings. The predicted octanol–water partition coefficient (Wildman–Crippen LogP) is -2.27. The third-order valence-electron chi connectivity index (χ3n) is 1.87. The minimum Gasteiger partial charge on any atom is -1.00 e. The van der Waals surface area contributed by atoms with Gasteiger partial charge in [0, 0.05) is 12.2 Å². The molecule has 0 radical (unpaired) electrons. The molecule has 0 saturated heterocycles. The molecule has 0 unspecified atom stereocenters. The Morgan fingerprint density at radius 1 is 1.31 bits per heavy atom. The number of para-hydroxylation sites is 1. The summed E-state index contributed by atoms with van der Waals surface area (Å²) in [6, 6.07) is 9.53. The van der Waals surface area contributed by atoms with Crippen molar-refractivity contribution >= 4 is 17.6 Å². The largest absolute Gasteiger partial charge is 1.00 e. The maximum absolute atomic E-state index is 7.69. The van der Waals surface area contributed by atoms with E-state index < -0.39 is 0 Å². The molecule has 1 aromatic carbocycles. The number of nitrogens with two attached hydrogens (primary N) is 2. The van der Waals surface area contributed by atoms with Gasteiger partial charge in [-0.05, 0) is 19.1 Å². The number of rotatable bonds is 2. The summed E-state index contributed by atoms with van der Waals surface area (Å²) in [7, 11) is 0. The minimum absolute atomic E-state index is 0. The number of guanidine groups is 2. The lowest BCUT2D eigenvalue weighted by molar-refractivity contribution is -0.00000376. The van der Waals surface area contributed by atoms with Gasteiger partial charge in [0.2, 0.25) is 5.96 Å². The predicted molar refractivity (Wildman–Crippen MR) is 63.0 cm³/mol. The molecule has 1 rings (SSSR count). The highest BCUT2D eigenvalue weighted by molar-refractivity contribution is 6.01. The Hall–Kier alpha value is -1.75. The maximum atomic E-state index is 7.69. The van der Waals surface area contributed by atoms with Gasteiger partial charge in [0.1, 0.15) is 0 Å². The van der Waals surface area contributed by atoms with Crippen molar-refractivity contribution in [3.05, 3.63) is 30.3 Å². The third-order valence-corrected chi connectivity index (χ3v) is 1.87. The van der Waals surface area contributed by atoms with Gasteiger partial charge in [0.25, 0.3) is 0 Å². The molecule has 0 saturated carbocycles. The molecule has 0 amide bonds. The molecule has 0 aromatic heterocycles. The van der Waals surface area contributed by atoms with Crippen molar-refractivity contribution in [3.63, 3.8) is 0 Å². The van der Waals surface area contributed by atoms with Gasteiger partial charge >= 0.3 is 0 Å². The summed E-state index contributed by atoms with van der Waals surface area (Å²) < 4.78 is 0. The van der Waals surface area contributed by atoms with Crippen molar-refractivity contribution in [2.45, 2.75) is 6.92 Å². The first kappa shape index (κ1) is 14.2. The molecule has 0 bridgehead atoms. The monoisotopic (exact) mass is 240 g/mol. The molecule has 0 aliphatic rings. The van der Waals surface area contributed by atoms with E-state index in [9.17, 15) is 0 Å². The molecule has 0 heterocycles. The molecule has 5 N–H and O–H groups in total. The van der Waals surface area contributed by atoms with E-state index >= 15 is 0 Å². The first-order valence-electron chi connectivity index (χ1n) is 4.66. The van der Waals surface area contributed by atoms with Crippen molar-refractivity contribution in [3.8, 4) is 0 Å². The SMILES string of the molecule is CCN(C(=N)N=C(N)N)c1ccccc1.[Cl-]. The maximum Gasteiger partial charge on any atom is 0.225 e. The van der Waals surface area contributed by atoms with Crippen molar-refractivity contribution in [2.75, 3.05) is 11.4 Å². The van der Waals surface area contributed by atoms with Crippen molar-refractivity contribution < 1.29 is 12.4 Å². The van der Waals surface area contributed by atoms with Crippen LogP contribution in [0.5, 0.6) is 0 Å². The van der Waals surface area contributed by atoms with E-state index in [1.807, 2.05) is 37.3 Å². The molecule has 0 fully saturated rings. The van der Waals surface area contributed by atoms with E-state index in [0.717, 1.165) is 5.69 Å². The number of hydrogen-bond acceptors (Lipinski definition) is 1. The number of anilines is 1. The Bertz CT molecular complexity index is 359. The van der Waals surface area contributed by atoms with Crippen LogP contribution in [0.15, 0.2) is 35.3 Å². The van der Waals surface area contributed by atoms with Crippen molar-refractivity contribution in [1.82, 2.24) is 0 Å². The van der Waals surface area contributed by atoms with Crippen LogP contribution in [0.25, 0.3) is 0 Å². The zero-order chi connectivity index (χ0) is 11.3. The van der Waals surface area contributed by atoms with Crippen LogP contribution in [0.4, 0.5) is 5.69 Å². The normalized spacial score (nSPS) is 8.81. The van der Waals surface area contributed by atoms with Gasteiger partial charge in [-0.3, -0.25) is 5.41 Å².